The van der Waals surface area contributed by atoms with Gasteiger partial charge in [0.1, 0.15) is 11.2 Å². The monoisotopic (exact) mass is 374 g/mol. The van der Waals surface area contributed by atoms with Gasteiger partial charge in [0.25, 0.3) is 0 Å². The lowest BCUT2D eigenvalue weighted by Gasteiger charge is -2.47. The Morgan fingerprint density at radius 1 is 0.962 bits per heavy atom. The van der Waals surface area contributed by atoms with Crippen LogP contribution < -0.4 is 0 Å². The van der Waals surface area contributed by atoms with E-state index in [0.29, 0.717) is 0 Å². The normalized spacial score (nSPS) is 21.2. The zero-order chi connectivity index (χ0) is 20.3. The van der Waals surface area contributed by atoms with E-state index < -0.39 is 41.5 Å². The van der Waals surface area contributed by atoms with Crippen molar-refractivity contribution in [2.24, 2.45) is 0 Å². The minimum Gasteiger partial charge on any atom is -0.467 e. The Labute approximate surface area is 154 Å². The molecule has 0 aromatic rings. The highest BCUT2D eigenvalue weighted by atomic mass is 16.6. The average molecular weight is 374 g/mol. The number of hydrogen-bond donors (Lipinski definition) is 1. The van der Waals surface area contributed by atoms with E-state index in [0.717, 1.165) is 12.0 Å². The van der Waals surface area contributed by atoms with E-state index in [1.807, 2.05) is 0 Å². The topological polar surface area (TPSA) is 106 Å². The standard InChI is InChI=1S/C17H30N2O7/c1-15(2,3)25-13(22)18-8-9-19(14(23)26-16(4,5)6)17(10-18,11-20)12(21)24-7/h20H,8-11H2,1-7H3. The van der Waals surface area contributed by atoms with Crippen LogP contribution in [0, 0.1) is 0 Å². The molecule has 1 heterocycles. The molecule has 1 fully saturated rings. The molecule has 26 heavy (non-hydrogen) atoms. The molecule has 2 amide bonds. The molecule has 9 heteroatoms. The number of rotatable bonds is 2. The van der Waals surface area contributed by atoms with Crippen molar-refractivity contribution in [1.29, 1.82) is 0 Å². The van der Waals surface area contributed by atoms with E-state index in [2.05, 4.69) is 0 Å². The molecule has 1 rings (SSSR count). The van der Waals surface area contributed by atoms with Gasteiger partial charge in [-0.05, 0) is 41.5 Å². The second-order valence-corrected chi connectivity index (χ2v) is 8.22. The summed E-state index contributed by atoms with van der Waals surface area (Å²) in [4.78, 5) is 39.8. The van der Waals surface area contributed by atoms with Gasteiger partial charge in [-0.1, -0.05) is 0 Å². The summed E-state index contributed by atoms with van der Waals surface area (Å²) >= 11 is 0. The van der Waals surface area contributed by atoms with E-state index >= 15 is 0 Å². The van der Waals surface area contributed by atoms with Crippen LogP contribution in [0.25, 0.3) is 0 Å². The van der Waals surface area contributed by atoms with E-state index in [1.54, 1.807) is 41.5 Å². The van der Waals surface area contributed by atoms with Crippen LogP contribution in [0.15, 0.2) is 0 Å². The number of amides is 2. The molecule has 0 aromatic carbocycles. The summed E-state index contributed by atoms with van der Waals surface area (Å²) in [6.45, 7) is 9.39. The number of aliphatic hydroxyl groups is 1. The van der Waals surface area contributed by atoms with Crippen molar-refractivity contribution >= 4 is 18.2 Å². The first-order valence-electron chi connectivity index (χ1n) is 8.43. The van der Waals surface area contributed by atoms with Gasteiger partial charge in [-0.25, -0.2) is 14.4 Å². The molecule has 1 unspecified atom stereocenters. The van der Waals surface area contributed by atoms with Gasteiger partial charge in [0.05, 0.1) is 20.3 Å². The molecule has 1 atom stereocenters. The van der Waals surface area contributed by atoms with Gasteiger partial charge < -0.3 is 24.2 Å². The molecule has 0 radical (unpaired) electrons. The summed E-state index contributed by atoms with van der Waals surface area (Å²) < 4.78 is 15.5. The largest absolute Gasteiger partial charge is 0.467 e. The first-order valence-corrected chi connectivity index (χ1v) is 8.43. The summed E-state index contributed by atoms with van der Waals surface area (Å²) in [6, 6.07) is 0. The Morgan fingerprint density at radius 2 is 1.46 bits per heavy atom. The Bertz CT molecular complexity index is 550. The van der Waals surface area contributed by atoms with Crippen molar-refractivity contribution in [3.05, 3.63) is 0 Å². The molecular weight excluding hydrogens is 344 g/mol. The predicted octanol–water partition coefficient (Wildman–Crippen LogP) is 1.38. The number of carbonyl (C=O) groups excluding carboxylic acids is 3. The van der Waals surface area contributed by atoms with E-state index in [1.165, 1.54) is 4.90 Å². The number of piperazine rings is 1. The molecule has 150 valence electrons. The van der Waals surface area contributed by atoms with Crippen LogP contribution in [-0.4, -0.2) is 83.2 Å². The maximum Gasteiger partial charge on any atom is 0.411 e. The van der Waals surface area contributed by atoms with Crippen molar-refractivity contribution in [2.75, 3.05) is 33.4 Å². The fraction of sp³-hybridized carbons (Fsp3) is 0.824. The maximum atomic E-state index is 12.6. The van der Waals surface area contributed by atoms with Crippen molar-refractivity contribution in [2.45, 2.75) is 58.3 Å². The van der Waals surface area contributed by atoms with Gasteiger partial charge in [-0.2, -0.15) is 0 Å². The van der Waals surface area contributed by atoms with Crippen molar-refractivity contribution in [3.63, 3.8) is 0 Å². The van der Waals surface area contributed by atoms with Crippen LogP contribution in [0.2, 0.25) is 0 Å². The highest BCUT2D eigenvalue weighted by Crippen LogP contribution is 2.27. The molecular formula is C17H30N2O7. The quantitative estimate of drug-likeness (QED) is 0.575. The summed E-state index contributed by atoms with van der Waals surface area (Å²) in [7, 11) is 1.15. The summed E-state index contributed by atoms with van der Waals surface area (Å²) in [6.07, 6.45) is -1.40. The van der Waals surface area contributed by atoms with Gasteiger partial charge in [0, 0.05) is 13.1 Å². The Balaban J connectivity index is 3.14. The molecule has 0 aliphatic carbocycles. The first kappa shape index (κ1) is 22.0. The molecule has 0 saturated carbocycles. The first-order chi connectivity index (χ1) is 11.8. The van der Waals surface area contributed by atoms with Crippen molar-refractivity contribution < 1.29 is 33.7 Å². The lowest BCUT2D eigenvalue weighted by molar-refractivity contribution is -0.162. The number of ether oxygens (including phenoxy) is 3. The SMILES string of the molecule is COC(=O)C1(CO)CN(C(=O)OC(C)(C)C)CCN1C(=O)OC(C)(C)C. The predicted molar refractivity (Wildman–Crippen MR) is 92.6 cm³/mol. The Morgan fingerprint density at radius 3 is 1.88 bits per heavy atom. The lowest BCUT2D eigenvalue weighted by Crippen LogP contribution is -2.70. The summed E-state index contributed by atoms with van der Waals surface area (Å²) in [5, 5.41) is 9.96. The number of nitrogens with zero attached hydrogens (tertiary/aromatic N) is 2. The zero-order valence-electron chi connectivity index (χ0n) is 16.6. The molecule has 1 aliphatic heterocycles. The molecule has 0 aromatic heterocycles. The second-order valence-electron chi connectivity index (χ2n) is 8.22. The fourth-order valence-corrected chi connectivity index (χ4v) is 2.54. The number of esters is 1. The van der Waals surface area contributed by atoms with Crippen molar-refractivity contribution in [1.82, 2.24) is 9.80 Å². The lowest BCUT2D eigenvalue weighted by atomic mass is 9.95. The minimum absolute atomic E-state index is 0.0101. The highest BCUT2D eigenvalue weighted by Gasteiger charge is 2.53. The van der Waals surface area contributed by atoms with Crippen LogP contribution >= 0.6 is 0 Å². The highest BCUT2D eigenvalue weighted by molar-refractivity contribution is 5.87. The number of carbonyl (C=O) groups is 3. The molecule has 1 saturated heterocycles. The van der Waals surface area contributed by atoms with Crippen LogP contribution in [0.1, 0.15) is 41.5 Å². The van der Waals surface area contributed by atoms with Gasteiger partial charge in [0.15, 0.2) is 5.54 Å². The average Bonchev–Trinajstić information content (AvgIpc) is 2.49. The molecule has 1 aliphatic rings. The third-order valence-corrected chi connectivity index (χ3v) is 3.66. The summed E-state index contributed by atoms with van der Waals surface area (Å²) in [5.74, 6) is -0.834. The summed E-state index contributed by atoms with van der Waals surface area (Å²) in [5.41, 5.74) is -3.25. The molecule has 0 bridgehead atoms. The number of aliphatic hydroxyl groups excluding tert-OH is 1. The van der Waals surface area contributed by atoms with Gasteiger partial charge in [0.2, 0.25) is 0 Å². The maximum absolute atomic E-state index is 12.6. The minimum atomic E-state index is -1.76. The smallest absolute Gasteiger partial charge is 0.411 e. The van der Waals surface area contributed by atoms with E-state index in [9.17, 15) is 19.5 Å². The zero-order valence-corrected chi connectivity index (χ0v) is 16.6. The Hall–Kier alpha value is -2.03. The van der Waals surface area contributed by atoms with Crippen LogP contribution in [0.4, 0.5) is 9.59 Å². The number of hydrogen-bond acceptors (Lipinski definition) is 7. The Kier molecular flexibility index (Phi) is 6.51. The molecule has 1 N–H and O–H groups in total. The third kappa shape index (κ3) is 5.23. The molecule has 9 nitrogen and oxygen atoms in total. The van der Waals surface area contributed by atoms with Gasteiger partial charge >= 0.3 is 18.2 Å². The van der Waals surface area contributed by atoms with E-state index in [4.69, 9.17) is 14.2 Å². The van der Waals surface area contributed by atoms with Crippen LogP contribution in [0.3, 0.4) is 0 Å². The third-order valence-electron chi connectivity index (χ3n) is 3.66. The second kappa shape index (κ2) is 7.69. The van der Waals surface area contributed by atoms with E-state index in [-0.39, 0.29) is 19.6 Å². The van der Waals surface area contributed by atoms with Crippen LogP contribution in [-0.2, 0) is 19.0 Å². The van der Waals surface area contributed by atoms with Crippen LogP contribution in [0.5, 0.6) is 0 Å². The fourth-order valence-electron chi connectivity index (χ4n) is 2.54. The van der Waals surface area contributed by atoms with Gasteiger partial charge in [-0.15, -0.1) is 0 Å². The number of methoxy groups -OCH3 is 1. The van der Waals surface area contributed by atoms with Gasteiger partial charge in [-0.3, -0.25) is 4.90 Å². The van der Waals surface area contributed by atoms with Crippen molar-refractivity contribution in [3.8, 4) is 0 Å². The molecule has 0 spiro atoms.